The Bertz CT molecular complexity index is 709. The molecule has 0 aliphatic rings. The Morgan fingerprint density at radius 3 is 2.81 bits per heavy atom. The first kappa shape index (κ1) is 14.0. The minimum absolute atomic E-state index is 0.853. The zero-order chi connectivity index (χ0) is 14.5. The van der Waals surface area contributed by atoms with Gasteiger partial charge in [0, 0.05) is 11.8 Å². The number of H-pyrrole nitrogens is 1. The lowest BCUT2D eigenvalue weighted by molar-refractivity contribution is 0.415. The Labute approximate surface area is 128 Å². The average Bonchev–Trinajstić information content (AvgIpc) is 2.94. The van der Waals surface area contributed by atoms with E-state index in [9.17, 15) is 0 Å². The fourth-order valence-corrected chi connectivity index (χ4v) is 3.08. The molecule has 0 unspecified atom stereocenters. The van der Waals surface area contributed by atoms with E-state index in [1.54, 1.807) is 18.9 Å². The normalized spacial score (nSPS) is 10.9. The van der Waals surface area contributed by atoms with Crippen LogP contribution in [0.2, 0.25) is 0 Å². The van der Waals surface area contributed by atoms with Crippen molar-refractivity contribution in [3.63, 3.8) is 0 Å². The van der Waals surface area contributed by atoms with Crippen molar-refractivity contribution in [1.29, 1.82) is 0 Å². The molecule has 3 nitrogen and oxygen atoms in total. The maximum absolute atomic E-state index is 5.22. The molecule has 2 aromatic carbocycles. The van der Waals surface area contributed by atoms with E-state index in [-0.39, 0.29) is 0 Å². The Morgan fingerprint density at radius 1 is 1.14 bits per heavy atom. The molecule has 0 spiro atoms. The van der Waals surface area contributed by atoms with Crippen molar-refractivity contribution in [2.45, 2.75) is 18.0 Å². The minimum Gasteiger partial charge on any atom is -0.497 e. The quantitative estimate of drug-likeness (QED) is 0.545. The third-order valence-corrected chi connectivity index (χ3v) is 4.32. The molecule has 3 rings (SSSR count). The van der Waals surface area contributed by atoms with Gasteiger partial charge in [0.15, 0.2) is 5.16 Å². The van der Waals surface area contributed by atoms with Gasteiger partial charge in [0.2, 0.25) is 0 Å². The molecule has 0 aliphatic carbocycles. The molecule has 1 heterocycles. The number of nitrogens with zero attached hydrogens (tertiary/aromatic N) is 1. The zero-order valence-corrected chi connectivity index (χ0v) is 12.8. The molecule has 108 valence electrons. The molecule has 0 radical (unpaired) electrons. The van der Waals surface area contributed by atoms with Crippen LogP contribution < -0.4 is 4.74 Å². The molecule has 1 aromatic heterocycles. The van der Waals surface area contributed by atoms with E-state index in [0.29, 0.717) is 0 Å². The predicted octanol–water partition coefficient (Wildman–Crippen LogP) is 4.30. The van der Waals surface area contributed by atoms with Gasteiger partial charge in [0.1, 0.15) is 5.75 Å². The number of aromatic nitrogens is 2. The number of fused-ring (bicyclic) bond motifs is 1. The summed E-state index contributed by atoms with van der Waals surface area (Å²) in [6.45, 7) is 0. The molecule has 0 aliphatic heterocycles. The predicted molar refractivity (Wildman–Crippen MR) is 88.1 cm³/mol. The highest BCUT2D eigenvalue weighted by molar-refractivity contribution is 7.99. The van der Waals surface area contributed by atoms with Crippen LogP contribution >= 0.6 is 11.8 Å². The number of aryl methyl sites for hydroxylation is 1. The largest absolute Gasteiger partial charge is 0.497 e. The topological polar surface area (TPSA) is 37.9 Å². The summed E-state index contributed by atoms with van der Waals surface area (Å²) in [5.74, 6) is 1.91. The van der Waals surface area contributed by atoms with E-state index in [1.165, 1.54) is 5.56 Å². The van der Waals surface area contributed by atoms with Gasteiger partial charge in [-0.15, -0.1) is 0 Å². The SMILES string of the molecule is COc1ccc2nc(SCCCc3ccccc3)[nH]c2c1. The van der Waals surface area contributed by atoms with Gasteiger partial charge in [-0.05, 0) is 30.5 Å². The van der Waals surface area contributed by atoms with E-state index >= 15 is 0 Å². The Kier molecular flexibility index (Phi) is 4.46. The van der Waals surface area contributed by atoms with E-state index in [2.05, 4.69) is 40.3 Å². The van der Waals surface area contributed by atoms with Crippen molar-refractivity contribution in [2.24, 2.45) is 0 Å². The summed E-state index contributed by atoms with van der Waals surface area (Å²) < 4.78 is 5.22. The second-order valence-electron chi connectivity index (χ2n) is 4.86. The molecule has 0 saturated carbocycles. The lowest BCUT2D eigenvalue weighted by Crippen LogP contribution is -1.87. The summed E-state index contributed by atoms with van der Waals surface area (Å²) in [7, 11) is 1.68. The van der Waals surface area contributed by atoms with Crippen LogP contribution in [0.1, 0.15) is 12.0 Å². The van der Waals surface area contributed by atoms with Crippen LogP contribution in [0.15, 0.2) is 53.7 Å². The number of methoxy groups -OCH3 is 1. The van der Waals surface area contributed by atoms with Crippen LogP contribution in [0.25, 0.3) is 11.0 Å². The van der Waals surface area contributed by atoms with Crippen LogP contribution in [0.5, 0.6) is 5.75 Å². The van der Waals surface area contributed by atoms with Crippen molar-refractivity contribution < 1.29 is 4.74 Å². The molecule has 4 heteroatoms. The van der Waals surface area contributed by atoms with Crippen molar-refractivity contribution in [1.82, 2.24) is 9.97 Å². The highest BCUT2D eigenvalue weighted by atomic mass is 32.2. The molecule has 0 saturated heterocycles. The lowest BCUT2D eigenvalue weighted by atomic mass is 10.1. The summed E-state index contributed by atoms with van der Waals surface area (Å²) >= 11 is 1.77. The summed E-state index contributed by atoms with van der Waals surface area (Å²) in [4.78, 5) is 7.93. The highest BCUT2D eigenvalue weighted by Crippen LogP contribution is 2.23. The molecule has 0 bridgehead atoms. The smallest absolute Gasteiger partial charge is 0.166 e. The number of nitrogens with one attached hydrogen (secondary N) is 1. The minimum atomic E-state index is 0.853. The van der Waals surface area contributed by atoms with E-state index in [1.807, 2.05) is 18.2 Å². The second kappa shape index (κ2) is 6.68. The van der Waals surface area contributed by atoms with Crippen LogP contribution in [-0.4, -0.2) is 22.8 Å². The fraction of sp³-hybridized carbons (Fsp3) is 0.235. The van der Waals surface area contributed by atoms with E-state index < -0.39 is 0 Å². The van der Waals surface area contributed by atoms with Gasteiger partial charge in [-0.3, -0.25) is 0 Å². The molecular formula is C17H18N2OS. The molecular weight excluding hydrogens is 280 g/mol. The first-order valence-electron chi connectivity index (χ1n) is 7.05. The molecule has 3 aromatic rings. The van der Waals surface area contributed by atoms with Crippen molar-refractivity contribution in [3.8, 4) is 5.75 Å². The van der Waals surface area contributed by atoms with E-state index in [4.69, 9.17) is 4.74 Å². The van der Waals surface area contributed by atoms with Crippen LogP contribution in [-0.2, 0) is 6.42 Å². The third kappa shape index (κ3) is 3.58. The number of hydrogen-bond acceptors (Lipinski definition) is 3. The van der Waals surface area contributed by atoms with Gasteiger partial charge in [0.05, 0.1) is 18.1 Å². The number of ether oxygens (including phenoxy) is 1. The number of thioether (sulfide) groups is 1. The summed E-state index contributed by atoms with van der Waals surface area (Å²) in [5, 5.41) is 0.978. The molecule has 0 atom stereocenters. The Morgan fingerprint density at radius 2 is 2.00 bits per heavy atom. The molecule has 0 amide bonds. The van der Waals surface area contributed by atoms with E-state index in [0.717, 1.165) is 40.5 Å². The van der Waals surface area contributed by atoms with Crippen molar-refractivity contribution in [2.75, 3.05) is 12.9 Å². The number of rotatable bonds is 6. The number of imidazole rings is 1. The summed E-state index contributed by atoms with van der Waals surface area (Å²) in [6, 6.07) is 16.5. The second-order valence-corrected chi connectivity index (χ2v) is 5.95. The fourth-order valence-electron chi connectivity index (χ4n) is 2.25. The van der Waals surface area contributed by atoms with Gasteiger partial charge in [-0.2, -0.15) is 0 Å². The van der Waals surface area contributed by atoms with Crippen LogP contribution in [0, 0.1) is 0 Å². The summed E-state index contributed by atoms with van der Waals surface area (Å²) in [5.41, 5.74) is 3.41. The third-order valence-electron chi connectivity index (χ3n) is 3.36. The Balaban J connectivity index is 1.55. The van der Waals surface area contributed by atoms with Gasteiger partial charge in [-0.25, -0.2) is 4.98 Å². The number of benzene rings is 2. The zero-order valence-electron chi connectivity index (χ0n) is 12.0. The number of hydrogen-bond donors (Lipinski definition) is 1. The summed E-state index contributed by atoms with van der Waals surface area (Å²) in [6.07, 6.45) is 2.26. The maximum Gasteiger partial charge on any atom is 0.166 e. The van der Waals surface area contributed by atoms with Crippen LogP contribution in [0.4, 0.5) is 0 Å². The lowest BCUT2D eigenvalue weighted by Gasteiger charge is -2.00. The molecule has 1 N–H and O–H groups in total. The monoisotopic (exact) mass is 298 g/mol. The molecule has 0 fully saturated rings. The van der Waals surface area contributed by atoms with Crippen LogP contribution in [0.3, 0.4) is 0 Å². The van der Waals surface area contributed by atoms with Gasteiger partial charge in [-0.1, -0.05) is 42.1 Å². The number of aromatic amines is 1. The first-order valence-corrected chi connectivity index (χ1v) is 8.04. The van der Waals surface area contributed by atoms with Crippen molar-refractivity contribution >= 4 is 22.8 Å². The first-order chi connectivity index (χ1) is 10.3. The van der Waals surface area contributed by atoms with Crippen molar-refractivity contribution in [3.05, 3.63) is 54.1 Å². The standard InChI is InChI=1S/C17H18N2OS/c1-20-14-9-10-15-16(12-14)19-17(18-15)21-11-5-8-13-6-3-2-4-7-13/h2-4,6-7,9-10,12H,5,8,11H2,1H3,(H,18,19). The van der Waals surface area contributed by atoms with Gasteiger partial charge in [0.25, 0.3) is 0 Å². The Hall–Kier alpha value is -1.94. The maximum atomic E-state index is 5.22. The molecule has 21 heavy (non-hydrogen) atoms. The highest BCUT2D eigenvalue weighted by Gasteiger charge is 2.04. The average molecular weight is 298 g/mol. The van der Waals surface area contributed by atoms with Gasteiger partial charge < -0.3 is 9.72 Å². The van der Waals surface area contributed by atoms with Gasteiger partial charge >= 0.3 is 0 Å².